The van der Waals surface area contributed by atoms with Gasteiger partial charge in [0.25, 0.3) is 0 Å². The van der Waals surface area contributed by atoms with Crippen LogP contribution in [0.3, 0.4) is 0 Å². The standard InChI is InChI=1S/C10H15NO2S2/c1-14-7-8-15(12,13)11-9-10-5-3-2-4-6-10/h2-6,11H,7-9H2,1H3. The number of benzene rings is 1. The fourth-order valence-electron chi connectivity index (χ4n) is 1.05. The van der Waals surface area contributed by atoms with Crippen molar-refractivity contribution in [1.29, 1.82) is 0 Å². The van der Waals surface area contributed by atoms with Crippen molar-refractivity contribution < 1.29 is 8.42 Å². The molecule has 0 aliphatic rings. The third-order valence-corrected chi connectivity index (χ3v) is 4.09. The summed E-state index contributed by atoms with van der Waals surface area (Å²) in [6, 6.07) is 9.50. The third kappa shape index (κ3) is 5.20. The summed E-state index contributed by atoms with van der Waals surface area (Å²) < 4.78 is 25.4. The lowest BCUT2D eigenvalue weighted by Gasteiger charge is -2.05. The molecule has 1 aromatic carbocycles. The highest BCUT2D eigenvalue weighted by molar-refractivity contribution is 7.99. The zero-order valence-corrected chi connectivity index (χ0v) is 10.3. The van der Waals surface area contributed by atoms with E-state index in [1.165, 1.54) is 11.8 Å². The van der Waals surface area contributed by atoms with Gasteiger partial charge in [-0.15, -0.1) is 0 Å². The maximum atomic E-state index is 11.4. The molecular weight excluding hydrogens is 230 g/mol. The number of sulfonamides is 1. The zero-order valence-electron chi connectivity index (χ0n) is 8.64. The summed E-state index contributed by atoms with van der Waals surface area (Å²) in [6.07, 6.45) is 1.90. The summed E-state index contributed by atoms with van der Waals surface area (Å²) in [4.78, 5) is 0. The molecule has 0 saturated carbocycles. The van der Waals surface area contributed by atoms with Crippen LogP contribution < -0.4 is 4.72 Å². The lowest BCUT2D eigenvalue weighted by atomic mass is 10.2. The summed E-state index contributed by atoms with van der Waals surface area (Å²) in [7, 11) is -3.11. The van der Waals surface area contributed by atoms with Gasteiger partial charge in [0.1, 0.15) is 0 Å². The van der Waals surface area contributed by atoms with Crippen LogP contribution in [-0.4, -0.2) is 26.2 Å². The molecule has 0 saturated heterocycles. The number of hydrogen-bond donors (Lipinski definition) is 1. The molecule has 1 aromatic rings. The van der Waals surface area contributed by atoms with E-state index in [9.17, 15) is 8.42 Å². The molecule has 0 heterocycles. The van der Waals surface area contributed by atoms with Crippen molar-refractivity contribution in [3.05, 3.63) is 35.9 Å². The Morgan fingerprint density at radius 2 is 1.93 bits per heavy atom. The van der Waals surface area contributed by atoms with Crippen molar-refractivity contribution in [2.45, 2.75) is 6.54 Å². The fourth-order valence-corrected chi connectivity index (χ4v) is 3.13. The van der Waals surface area contributed by atoms with Gasteiger partial charge in [-0.05, 0) is 11.8 Å². The van der Waals surface area contributed by atoms with Crippen molar-refractivity contribution in [2.75, 3.05) is 17.8 Å². The summed E-state index contributed by atoms with van der Waals surface area (Å²) in [6.45, 7) is 0.373. The van der Waals surface area contributed by atoms with Crippen LogP contribution in [-0.2, 0) is 16.6 Å². The summed E-state index contributed by atoms with van der Waals surface area (Å²) in [5, 5.41) is 0. The average Bonchev–Trinajstić information content (AvgIpc) is 2.25. The lowest BCUT2D eigenvalue weighted by molar-refractivity contribution is 0.583. The third-order valence-electron chi connectivity index (χ3n) is 1.90. The molecule has 0 unspecified atom stereocenters. The smallest absolute Gasteiger partial charge is 0.212 e. The van der Waals surface area contributed by atoms with Crippen LogP contribution in [0.15, 0.2) is 30.3 Å². The fraction of sp³-hybridized carbons (Fsp3) is 0.400. The predicted octanol–water partition coefficient (Wildman–Crippen LogP) is 1.47. The predicted molar refractivity (Wildman–Crippen MR) is 65.5 cm³/mol. The number of thioether (sulfide) groups is 1. The number of hydrogen-bond acceptors (Lipinski definition) is 3. The van der Waals surface area contributed by atoms with Gasteiger partial charge < -0.3 is 0 Å². The van der Waals surface area contributed by atoms with E-state index in [1.54, 1.807) is 0 Å². The van der Waals surface area contributed by atoms with Crippen LogP contribution >= 0.6 is 11.8 Å². The van der Waals surface area contributed by atoms with Crippen LogP contribution in [0.4, 0.5) is 0 Å². The maximum Gasteiger partial charge on any atom is 0.212 e. The van der Waals surface area contributed by atoms with Gasteiger partial charge in [-0.2, -0.15) is 11.8 Å². The molecule has 0 radical (unpaired) electrons. The maximum absolute atomic E-state index is 11.4. The molecule has 0 spiro atoms. The molecule has 1 N–H and O–H groups in total. The van der Waals surface area contributed by atoms with E-state index in [4.69, 9.17) is 0 Å². The first kappa shape index (κ1) is 12.5. The summed E-state index contributed by atoms with van der Waals surface area (Å²) >= 11 is 1.53. The van der Waals surface area contributed by atoms with E-state index in [2.05, 4.69) is 4.72 Å². The molecule has 15 heavy (non-hydrogen) atoms. The Labute approximate surface area is 95.3 Å². The quantitative estimate of drug-likeness (QED) is 0.825. The van der Waals surface area contributed by atoms with E-state index in [0.29, 0.717) is 12.3 Å². The first-order valence-electron chi connectivity index (χ1n) is 4.64. The first-order valence-corrected chi connectivity index (χ1v) is 7.69. The highest BCUT2D eigenvalue weighted by Gasteiger charge is 2.08. The van der Waals surface area contributed by atoms with Crippen LogP contribution in [0.2, 0.25) is 0 Å². The second-order valence-corrected chi connectivity index (χ2v) is 6.03. The molecule has 3 nitrogen and oxygen atoms in total. The van der Waals surface area contributed by atoms with Crippen LogP contribution in [0.1, 0.15) is 5.56 Å². The molecule has 5 heteroatoms. The van der Waals surface area contributed by atoms with Gasteiger partial charge >= 0.3 is 0 Å². The van der Waals surface area contributed by atoms with Crippen LogP contribution in [0.5, 0.6) is 0 Å². The minimum absolute atomic E-state index is 0.182. The molecule has 0 bridgehead atoms. The van der Waals surface area contributed by atoms with Gasteiger partial charge in [0, 0.05) is 12.3 Å². The summed E-state index contributed by atoms with van der Waals surface area (Å²) in [5.74, 6) is 0.811. The Morgan fingerprint density at radius 1 is 1.27 bits per heavy atom. The minimum atomic E-state index is -3.11. The zero-order chi connectivity index (χ0) is 11.1. The highest BCUT2D eigenvalue weighted by Crippen LogP contribution is 2.00. The molecule has 84 valence electrons. The number of nitrogens with one attached hydrogen (secondary N) is 1. The van der Waals surface area contributed by atoms with E-state index in [1.807, 2.05) is 36.6 Å². The second-order valence-electron chi connectivity index (χ2n) is 3.12. The Balaban J connectivity index is 2.43. The Morgan fingerprint density at radius 3 is 2.53 bits per heavy atom. The molecule has 0 aliphatic heterocycles. The molecule has 0 aliphatic carbocycles. The normalized spacial score (nSPS) is 11.5. The summed E-state index contributed by atoms with van der Waals surface area (Å²) in [5.41, 5.74) is 0.977. The molecule has 0 amide bonds. The lowest BCUT2D eigenvalue weighted by Crippen LogP contribution is -2.26. The second kappa shape index (κ2) is 6.15. The van der Waals surface area contributed by atoms with Gasteiger partial charge in [-0.1, -0.05) is 30.3 Å². The monoisotopic (exact) mass is 245 g/mol. The van der Waals surface area contributed by atoms with Gasteiger partial charge in [-0.3, -0.25) is 0 Å². The van der Waals surface area contributed by atoms with Crippen molar-refractivity contribution in [3.63, 3.8) is 0 Å². The van der Waals surface area contributed by atoms with Crippen molar-refractivity contribution in [3.8, 4) is 0 Å². The molecule has 0 atom stereocenters. The van der Waals surface area contributed by atoms with Crippen LogP contribution in [0.25, 0.3) is 0 Å². The molecule has 1 rings (SSSR count). The minimum Gasteiger partial charge on any atom is -0.212 e. The van der Waals surface area contributed by atoms with Gasteiger partial charge in [0.15, 0.2) is 0 Å². The Bertz CT molecular complexity index is 376. The van der Waals surface area contributed by atoms with Crippen molar-refractivity contribution in [1.82, 2.24) is 4.72 Å². The van der Waals surface area contributed by atoms with E-state index >= 15 is 0 Å². The topological polar surface area (TPSA) is 46.2 Å². The van der Waals surface area contributed by atoms with Gasteiger partial charge in [0.2, 0.25) is 10.0 Å². The largest absolute Gasteiger partial charge is 0.212 e. The van der Waals surface area contributed by atoms with Gasteiger partial charge in [0.05, 0.1) is 5.75 Å². The highest BCUT2D eigenvalue weighted by atomic mass is 32.2. The van der Waals surface area contributed by atoms with Crippen LogP contribution in [0, 0.1) is 0 Å². The Kier molecular flexibility index (Phi) is 5.14. The molecule has 0 fully saturated rings. The Hall–Kier alpha value is -0.520. The van der Waals surface area contributed by atoms with Gasteiger partial charge in [-0.25, -0.2) is 13.1 Å². The average molecular weight is 245 g/mol. The van der Waals surface area contributed by atoms with Crippen molar-refractivity contribution >= 4 is 21.8 Å². The van der Waals surface area contributed by atoms with Crippen molar-refractivity contribution in [2.24, 2.45) is 0 Å². The number of rotatable bonds is 6. The molecule has 0 aromatic heterocycles. The van der Waals surface area contributed by atoms with E-state index in [-0.39, 0.29) is 5.75 Å². The molecular formula is C10H15NO2S2. The SMILES string of the molecule is CSCCS(=O)(=O)NCc1ccccc1. The van der Waals surface area contributed by atoms with E-state index in [0.717, 1.165) is 5.56 Å². The first-order chi connectivity index (χ1) is 7.14. The van der Waals surface area contributed by atoms with E-state index < -0.39 is 10.0 Å².